The van der Waals surface area contributed by atoms with E-state index in [1.807, 2.05) is 27.7 Å². The first-order chi connectivity index (χ1) is 31.0. The SMILES string of the molecule is COCC(NC(=O)c1cc(CCC2(C(=O)C(CC(C)C)NC(=O)[C@H](COC)NC(=O)C(C)NC(=O)c3cc(C)on3)CO2)on1)C(=O)NC(C(=O)NC(CC(C)C)C(=O)C1(C)CO1)C(C)C. The first kappa shape index (κ1) is 53.0. The van der Waals surface area contributed by atoms with Crippen LogP contribution in [0.1, 0.15) is 107 Å². The number of methoxy groups -OCH3 is 2. The Bertz CT molecular complexity index is 2060. The molecule has 2 aliphatic heterocycles. The minimum absolute atomic E-state index is 0.0194. The lowest BCUT2D eigenvalue weighted by molar-refractivity contribution is -0.134. The van der Waals surface area contributed by atoms with Crippen molar-refractivity contribution in [3.8, 4) is 0 Å². The fraction of sp³-hybridized carbons (Fsp3) is 0.682. The summed E-state index contributed by atoms with van der Waals surface area (Å²) in [5, 5.41) is 23.4. The smallest absolute Gasteiger partial charge is 0.274 e. The molecule has 0 bridgehead atoms. The Hall–Kier alpha value is -5.58. The lowest BCUT2D eigenvalue weighted by Crippen LogP contribution is -2.59. The number of epoxide rings is 2. The minimum atomic E-state index is -1.28. The van der Waals surface area contributed by atoms with Crippen LogP contribution in [-0.2, 0) is 54.1 Å². The van der Waals surface area contributed by atoms with Crippen molar-refractivity contribution in [2.24, 2.45) is 17.8 Å². The quantitative estimate of drug-likeness (QED) is 0.0633. The second kappa shape index (κ2) is 23.2. The number of Topliss-reactive ketones (excluding diaryl/α,β-unsaturated/α-hetero) is 2. The molecule has 7 unspecified atom stereocenters. The normalized spacial score (nSPS) is 20.3. The van der Waals surface area contributed by atoms with E-state index in [-0.39, 0.29) is 80.5 Å². The molecule has 22 heteroatoms. The maximum absolute atomic E-state index is 14.1. The van der Waals surface area contributed by atoms with Gasteiger partial charge in [-0.2, -0.15) is 0 Å². The van der Waals surface area contributed by atoms with Gasteiger partial charge in [-0.1, -0.05) is 51.9 Å². The molecule has 2 aromatic heterocycles. The number of rotatable bonds is 28. The third kappa shape index (κ3) is 14.7. The van der Waals surface area contributed by atoms with Gasteiger partial charge in [0.05, 0.1) is 38.5 Å². The molecule has 2 aliphatic rings. The van der Waals surface area contributed by atoms with E-state index in [0.717, 1.165) is 0 Å². The fourth-order valence-corrected chi connectivity index (χ4v) is 7.06. The van der Waals surface area contributed by atoms with Crippen LogP contribution in [0.3, 0.4) is 0 Å². The zero-order valence-corrected chi connectivity index (χ0v) is 39.6. The van der Waals surface area contributed by atoms with Crippen molar-refractivity contribution in [1.29, 1.82) is 0 Å². The average molecular weight is 931 g/mol. The number of carbonyl (C=O) groups is 8. The van der Waals surface area contributed by atoms with Crippen molar-refractivity contribution in [2.45, 2.75) is 135 Å². The van der Waals surface area contributed by atoms with Gasteiger partial charge in [0.2, 0.25) is 23.6 Å². The number of hydrogen-bond donors (Lipinski definition) is 6. The molecule has 0 saturated carbocycles. The summed E-state index contributed by atoms with van der Waals surface area (Å²) in [6.07, 6.45) is 0.829. The van der Waals surface area contributed by atoms with Crippen molar-refractivity contribution in [3.63, 3.8) is 0 Å². The Morgan fingerprint density at radius 3 is 1.65 bits per heavy atom. The van der Waals surface area contributed by atoms with E-state index >= 15 is 0 Å². The number of carbonyl (C=O) groups excluding carboxylic acids is 8. The van der Waals surface area contributed by atoms with Crippen LogP contribution in [0.15, 0.2) is 21.2 Å². The molecular weight excluding hydrogens is 865 g/mol. The molecule has 6 N–H and O–H groups in total. The van der Waals surface area contributed by atoms with Crippen LogP contribution >= 0.6 is 0 Å². The Morgan fingerprint density at radius 2 is 1.14 bits per heavy atom. The largest absolute Gasteiger partial charge is 0.382 e. The lowest BCUT2D eigenvalue weighted by Gasteiger charge is -2.28. The summed E-state index contributed by atoms with van der Waals surface area (Å²) < 4.78 is 31.8. The monoisotopic (exact) mass is 930 g/mol. The van der Waals surface area contributed by atoms with Gasteiger partial charge in [0.15, 0.2) is 28.6 Å². The molecular formula is C44H66N8O14. The molecule has 0 aromatic carbocycles. The van der Waals surface area contributed by atoms with Gasteiger partial charge in [-0.15, -0.1) is 0 Å². The van der Waals surface area contributed by atoms with E-state index in [4.69, 9.17) is 28.0 Å². The van der Waals surface area contributed by atoms with Crippen LogP contribution in [0, 0.1) is 24.7 Å². The lowest BCUT2D eigenvalue weighted by atomic mass is 9.89. The average Bonchev–Trinajstić information content (AvgIpc) is 4.10. The van der Waals surface area contributed by atoms with Crippen LogP contribution in [0.4, 0.5) is 0 Å². The highest BCUT2D eigenvalue weighted by atomic mass is 16.6. The number of aryl methyl sites for hydroxylation is 2. The molecule has 0 aliphatic carbocycles. The van der Waals surface area contributed by atoms with Gasteiger partial charge in [-0.05, 0) is 57.8 Å². The van der Waals surface area contributed by atoms with E-state index in [1.165, 1.54) is 33.3 Å². The van der Waals surface area contributed by atoms with E-state index in [2.05, 4.69) is 42.2 Å². The Balaban J connectivity index is 1.35. The summed E-state index contributed by atoms with van der Waals surface area (Å²) in [6.45, 7) is 15.6. The number of amides is 6. The molecule has 4 heterocycles. The number of ketones is 2. The van der Waals surface area contributed by atoms with Crippen LogP contribution in [0.25, 0.3) is 0 Å². The van der Waals surface area contributed by atoms with E-state index in [1.54, 1.807) is 27.7 Å². The summed E-state index contributed by atoms with van der Waals surface area (Å²) in [6, 6.07) is -3.69. The van der Waals surface area contributed by atoms with Gasteiger partial charge in [-0.25, -0.2) is 0 Å². The number of ether oxygens (including phenoxy) is 4. The minimum Gasteiger partial charge on any atom is -0.382 e. The van der Waals surface area contributed by atoms with Gasteiger partial charge >= 0.3 is 0 Å². The maximum Gasteiger partial charge on any atom is 0.274 e. The molecule has 6 amide bonds. The van der Waals surface area contributed by atoms with Crippen LogP contribution in [0.5, 0.6) is 0 Å². The zero-order chi connectivity index (χ0) is 49.1. The highest BCUT2D eigenvalue weighted by Crippen LogP contribution is 2.36. The third-order valence-electron chi connectivity index (χ3n) is 11.1. The summed E-state index contributed by atoms with van der Waals surface area (Å²) in [5.74, 6) is -4.45. The Kier molecular flexibility index (Phi) is 18.7. The molecule has 0 radical (unpaired) electrons. The Labute approximate surface area is 383 Å². The molecule has 2 aromatic rings. The molecule has 2 saturated heterocycles. The van der Waals surface area contributed by atoms with E-state index < -0.39 is 94.6 Å². The van der Waals surface area contributed by atoms with Crippen molar-refractivity contribution in [1.82, 2.24) is 42.2 Å². The number of hydrogen-bond acceptors (Lipinski definition) is 16. The summed E-state index contributed by atoms with van der Waals surface area (Å²) in [4.78, 5) is 107. The fourth-order valence-electron chi connectivity index (χ4n) is 7.06. The molecule has 2 fully saturated rings. The number of aromatic nitrogens is 2. The number of nitrogens with one attached hydrogen (secondary N) is 6. The van der Waals surface area contributed by atoms with Gasteiger partial charge < -0.3 is 59.9 Å². The van der Waals surface area contributed by atoms with Gasteiger partial charge in [-0.3, -0.25) is 38.4 Å². The van der Waals surface area contributed by atoms with Crippen molar-refractivity contribution >= 4 is 47.0 Å². The predicted octanol–water partition coefficient (Wildman–Crippen LogP) is 0.497. The summed E-state index contributed by atoms with van der Waals surface area (Å²) in [5.41, 5.74) is -2.43. The molecule has 0 spiro atoms. The summed E-state index contributed by atoms with van der Waals surface area (Å²) >= 11 is 0. The third-order valence-corrected chi connectivity index (χ3v) is 11.1. The zero-order valence-electron chi connectivity index (χ0n) is 39.6. The second-order valence-electron chi connectivity index (χ2n) is 18.3. The molecule has 66 heavy (non-hydrogen) atoms. The molecule has 366 valence electrons. The van der Waals surface area contributed by atoms with Gasteiger partial charge in [0.1, 0.15) is 41.3 Å². The standard InChI is InChI=1S/C44H66N8O14/c1-22(2)14-28(35(53)43(9)20-63-43)47-42(60)34(24(5)6)50-41(59)33(19-62-11)49-39(57)31-17-27(66-52-31)12-13-44(21-64-44)36(54)29(15-23(3)4)46-40(58)32(18-61-10)48-37(55)26(8)45-38(56)30-16-25(7)65-51-30/h16-17,22-24,26,28-29,32-34H,12-15,18-21H2,1-11H3,(H,45,56)(H,46,58)(H,47,60)(H,48,55)(H,49,57)(H,50,59)/t26?,28?,29?,32-,33?,34?,43?,44?/m0/s1. The molecule has 8 atom stereocenters. The van der Waals surface area contributed by atoms with Crippen LogP contribution in [0.2, 0.25) is 0 Å². The van der Waals surface area contributed by atoms with Crippen LogP contribution < -0.4 is 31.9 Å². The maximum atomic E-state index is 14.1. The van der Waals surface area contributed by atoms with Crippen molar-refractivity contribution < 1.29 is 66.3 Å². The number of nitrogens with zero attached hydrogens (tertiary/aromatic N) is 2. The van der Waals surface area contributed by atoms with Crippen molar-refractivity contribution in [2.75, 3.05) is 40.6 Å². The highest BCUT2D eigenvalue weighted by molar-refractivity contribution is 6.01. The Morgan fingerprint density at radius 1 is 0.636 bits per heavy atom. The first-order valence-corrected chi connectivity index (χ1v) is 22.1. The van der Waals surface area contributed by atoms with Crippen molar-refractivity contribution in [3.05, 3.63) is 35.0 Å². The van der Waals surface area contributed by atoms with Crippen LogP contribution in [-0.4, -0.2) is 145 Å². The predicted molar refractivity (Wildman–Crippen MR) is 233 cm³/mol. The van der Waals surface area contributed by atoms with Gasteiger partial charge in [0.25, 0.3) is 11.8 Å². The summed E-state index contributed by atoms with van der Waals surface area (Å²) in [7, 11) is 2.68. The highest BCUT2D eigenvalue weighted by Gasteiger charge is 2.54. The first-order valence-electron chi connectivity index (χ1n) is 22.1. The van der Waals surface area contributed by atoms with E-state index in [9.17, 15) is 38.4 Å². The molecule has 22 nitrogen and oxygen atoms in total. The van der Waals surface area contributed by atoms with Gasteiger partial charge in [0, 0.05) is 32.8 Å². The van der Waals surface area contributed by atoms with E-state index in [0.29, 0.717) is 12.2 Å². The topological polar surface area (TPSA) is 304 Å². The second-order valence-corrected chi connectivity index (χ2v) is 18.3. The molecule has 4 rings (SSSR count).